The number of hydrogen-bond donors (Lipinski definition) is 2. The van der Waals surface area contributed by atoms with Crippen molar-refractivity contribution in [2.24, 2.45) is 0 Å². The molecule has 0 amide bonds. The summed E-state index contributed by atoms with van der Waals surface area (Å²) in [6, 6.07) is 5.35. The van der Waals surface area contributed by atoms with E-state index in [-0.39, 0.29) is 5.69 Å². The van der Waals surface area contributed by atoms with Gasteiger partial charge in [0.2, 0.25) is 0 Å². The van der Waals surface area contributed by atoms with Crippen LogP contribution in [0, 0.1) is 10.1 Å². The Morgan fingerprint density at radius 1 is 1.39 bits per heavy atom. The first kappa shape index (κ1) is 12.6. The molecule has 0 aliphatic heterocycles. The number of ether oxygens (including phenoxy) is 1. The lowest BCUT2D eigenvalue weighted by Gasteiger charge is -2.08. The third-order valence-electron chi connectivity index (χ3n) is 2.80. The highest BCUT2D eigenvalue weighted by molar-refractivity contribution is 5.56. The Kier molecular flexibility index (Phi) is 3.99. The second kappa shape index (κ2) is 5.68. The lowest BCUT2D eigenvalue weighted by molar-refractivity contribution is -0.384. The van der Waals surface area contributed by atoms with Crippen molar-refractivity contribution in [1.29, 1.82) is 0 Å². The largest absolute Gasteiger partial charge is 0.496 e. The van der Waals surface area contributed by atoms with Crippen LogP contribution in [0.1, 0.15) is 12.8 Å². The van der Waals surface area contributed by atoms with E-state index in [0.717, 1.165) is 13.1 Å². The topological polar surface area (TPSA) is 76.4 Å². The molecular weight excluding hydrogens is 234 g/mol. The van der Waals surface area contributed by atoms with Gasteiger partial charge in [0.15, 0.2) is 0 Å². The molecule has 0 unspecified atom stereocenters. The fourth-order valence-corrected chi connectivity index (χ4v) is 1.68. The molecule has 2 rings (SSSR count). The number of nitrogens with zero attached hydrogens (tertiary/aromatic N) is 1. The number of nitrogens with one attached hydrogen (secondary N) is 2. The number of nitro groups is 1. The number of methoxy groups -OCH3 is 1. The van der Waals surface area contributed by atoms with Crippen LogP contribution < -0.4 is 15.4 Å². The first-order chi connectivity index (χ1) is 8.69. The van der Waals surface area contributed by atoms with E-state index in [9.17, 15) is 10.1 Å². The average molecular weight is 251 g/mol. The van der Waals surface area contributed by atoms with Gasteiger partial charge in [-0.3, -0.25) is 10.1 Å². The Morgan fingerprint density at radius 2 is 2.17 bits per heavy atom. The predicted octanol–water partition coefficient (Wildman–Crippen LogP) is 1.77. The zero-order chi connectivity index (χ0) is 13.0. The molecular formula is C12H17N3O3. The van der Waals surface area contributed by atoms with E-state index in [1.54, 1.807) is 6.07 Å². The summed E-state index contributed by atoms with van der Waals surface area (Å²) in [7, 11) is 1.50. The monoisotopic (exact) mass is 251 g/mol. The predicted molar refractivity (Wildman–Crippen MR) is 69.2 cm³/mol. The van der Waals surface area contributed by atoms with Crippen molar-refractivity contribution in [2.75, 3.05) is 25.5 Å². The van der Waals surface area contributed by atoms with Gasteiger partial charge >= 0.3 is 0 Å². The number of nitro benzene ring substituents is 1. The van der Waals surface area contributed by atoms with Gasteiger partial charge in [0.05, 0.1) is 18.1 Å². The molecule has 6 nitrogen and oxygen atoms in total. The highest BCUT2D eigenvalue weighted by atomic mass is 16.6. The maximum absolute atomic E-state index is 10.8. The van der Waals surface area contributed by atoms with E-state index >= 15 is 0 Å². The quantitative estimate of drug-likeness (QED) is 0.439. The van der Waals surface area contributed by atoms with E-state index in [1.807, 2.05) is 0 Å². The van der Waals surface area contributed by atoms with Crippen LogP contribution in [0.3, 0.4) is 0 Å². The molecule has 1 saturated carbocycles. The SMILES string of the molecule is COc1cc(NCCNC2CC2)cc([N+](=O)[O-])c1. The summed E-state index contributed by atoms with van der Waals surface area (Å²) < 4.78 is 5.04. The van der Waals surface area contributed by atoms with Crippen LogP contribution in [-0.4, -0.2) is 31.2 Å². The Bertz CT molecular complexity index is 433. The fraction of sp³-hybridized carbons (Fsp3) is 0.500. The van der Waals surface area contributed by atoms with Gasteiger partial charge in [-0.05, 0) is 12.8 Å². The van der Waals surface area contributed by atoms with E-state index < -0.39 is 4.92 Å². The molecule has 1 aliphatic rings. The number of benzene rings is 1. The molecule has 0 saturated heterocycles. The zero-order valence-electron chi connectivity index (χ0n) is 10.3. The van der Waals surface area contributed by atoms with E-state index in [4.69, 9.17) is 4.74 Å². The molecule has 1 aromatic carbocycles. The minimum atomic E-state index is -0.420. The van der Waals surface area contributed by atoms with Crippen LogP contribution in [0.15, 0.2) is 18.2 Å². The maximum Gasteiger partial charge on any atom is 0.275 e. The van der Waals surface area contributed by atoms with Crippen molar-refractivity contribution >= 4 is 11.4 Å². The maximum atomic E-state index is 10.8. The minimum Gasteiger partial charge on any atom is -0.496 e. The van der Waals surface area contributed by atoms with Crippen molar-refractivity contribution in [1.82, 2.24) is 5.32 Å². The molecule has 0 heterocycles. The summed E-state index contributed by atoms with van der Waals surface area (Å²) in [5.74, 6) is 0.488. The van der Waals surface area contributed by atoms with Gasteiger partial charge in [-0.25, -0.2) is 0 Å². The number of rotatable bonds is 7. The van der Waals surface area contributed by atoms with Gasteiger partial charge in [-0.15, -0.1) is 0 Å². The van der Waals surface area contributed by atoms with Gasteiger partial charge in [0.1, 0.15) is 5.75 Å². The third kappa shape index (κ3) is 3.59. The van der Waals surface area contributed by atoms with E-state index in [2.05, 4.69) is 10.6 Å². The Hall–Kier alpha value is -1.82. The Balaban J connectivity index is 1.92. The molecule has 2 N–H and O–H groups in total. The van der Waals surface area contributed by atoms with Gasteiger partial charge in [0, 0.05) is 37.0 Å². The third-order valence-corrected chi connectivity index (χ3v) is 2.80. The van der Waals surface area contributed by atoms with Gasteiger partial charge in [0.25, 0.3) is 5.69 Å². The lowest BCUT2D eigenvalue weighted by atomic mass is 10.2. The first-order valence-corrected chi connectivity index (χ1v) is 6.00. The molecule has 0 spiro atoms. The van der Waals surface area contributed by atoms with Crippen LogP contribution in [-0.2, 0) is 0 Å². The molecule has 1 fully saturated rings. The molecule has 0 atom stereocenters. The number of hydrogen-bond acceptors (Lipinski definition) is 5. The van der Waals surface area contributed by atoms with E-state index in [1.165, 1.54) is 32.1 Å². The zero-order valence-corrected chi connectivity index (χ0v) is 10.3. The molecule has 0 aromatic heterocycles. The van der Waals surface area contributed by atoms with Crippen molar-refractivity contribution in [3.63, 3.8) is 0 Å². The Morgan fingerprint density at radius 3 is 2.78 bits per heavy atom. The lowest BCUT2D eigenvalue weighted by Crippen LogP contribution is -2.23. The van der Waals surface area contributed by atoms with Gasteiger partial charge in [-0.2, -0.15) is 0 Å². The van der Waals surface area contributed by atoms with Gasteiger partial charge < -0.3 is 15.4 Å². The second-order valence-corrected chi connectivity index (χ2v) is 4.33. The molecule has 1 aromatic rings. The highest BCUT2D eigenvalue weighted by Gasteiger charge is 2.19. The molecule has 98 valence electrons. The average Bonchev–Trinajstić information content (AvgIpc) is 3.18. The summed E-state index contributed by atoms with van der Waals surface area (Å²) in [5, 5.41) is 17.3. The summed E-state index contributed by atoms with van der Waals surface area (Å²) in [4.78, 5) is 10.3. The number of non-ortho nitro benzene ring substituents is 1. The highest BCUT2D eigenvalue weighted by Crippen LogP contribution is 2.25. The summed E-state index contributed by atoms with van der Waals surface area (Å²) in [6.45, 7) is 1.59. The standard InChI is InChI=1S/C12H17N3O3/c1-18-12-7-10(6-11(8-12)15(16)17)14-5-4-13-9-2-3-9/h6-9,13-14H,2-5H2,1H3. The van der Waals surface area contributed by atoms with Crippen LogP contribution in [0.2, 0.25) is 0 Å². The van der Waals surface area contributed by atoms with Crippen molar-refractivity contribution in [3.05, 3.63) is 28.3 Å². The summed E-state index contributed by atoms with van der Waals surface area (Å²) >= 11 is 0. The molecule has 1 aliphatic carbocycles. The van der Waals surface area contributed by atoms with E-state index in [0.29, 0.717) is 17.5 Å². The van der Waals surface area contributed by atoms with Crippen molar-refractivity contribution in [3.8, 4) is 5.75 Å². The molecule has 18 heavy (non-hydrogen) atoms. The van der Waals surface area contributed by atoms with Crippen LogP contribution in [0.5, 0.6) is 5.75 Å². The van der Waals surface area contributed by atoms with Crippen LogP contribution in [0.4, 0.5) is 11.4 Å². The summed E-state index contributed by atoms with van der Waals surface area (Å²) in [5.41, 5.74) is 0.741. The number of anilines is 1. The molecule has 0 bridgehead atoms. The minimum absolute atomic E-state index is 0.0343. The van der Waals surface area contributed by atoms with Gasteiger partial charge in [-0.1, -0.05) is 0 Å². The normalized spacial score (nSPS) is 14.3. The first-order valence-electron chi connectivity index (χ1n) is 6.00. The molecule has 0 radical (unpaired) electrons. The molecule has 6 heteroatoms. The van der Waals surface area contributed by atoms with Crippen molar-refractivity contribution < 1.29 is 9.66 Å². The smallest absolute Gasteiger partial charge is 0.275 e. The fourth-order valence-electron chi connectivity index (χ4n) is 1.68. The Labute approximate surface area is 105 Å². The van der Waals surface area contributed by atoms with Crippen LogP contribution >= 0.6 is 0 Å². The summed E-state index contributed by atoms with van der Waals surface area (Å²) in [6.07, 6.45) is 2.51. The second-order valence-electron chi connectivity index (χ2n) is 4.33. The van der Waals surface area contributed by atoms with Crippen molar-refractivity contribution in [2.45, 2.75) is 18.9 Å². The van der Waals surface area contributed by atoms with Crippen LogP contribution in [0.25, 0.3) is 0 Å².